The molecule has 0 aliphatic heterocycles. The van der Waals surface area contributed by atoms with Crippen molar-refractivity contribution in [1.29, 1.82) is 0 Å². The Morgan fingerprint density at radius 1 is 0.697 bits per heavy atom. The third-order valence-corrected chi connectivity index (χ3v) is 6.52. The number of unbranched alkanes of at least 4 members (excludes halogenated alkanes) is 18. The fourth-order valence-electron chi connectivity index (χ4n) is 4.23. The summed E-state index contributed by atoms with van der Waals surface area (Å²) in [6.07, 6.45) is 28.6. The van der Waals surface area contributed by atoms with Crippen molar-refractivity contribution in [2.75, 3.05) is 6.61 Å². The molecule has 196 valence electrons. The van der Waals surface area contributed by atoms with Gasteiger partial charge in [0, 0.05) is 6.42 Å². The van der Waals surface area contributed by atoms with Crippen LogP contribution in [0.2, 0.25) is 0 Å². The third kappa shape index (κ3) is 22.7. The largest absolute Gasteiger partial charge is 0.394 e. The minimum atomic E-state index is -0.828. The summed E-state index contributed by atoms with van der Waals surface area (Å²) < 4.78 is 0. The lowest BCUT2D eigenvalue weighted by atomic mass is 10.0. The van der Waals surface area contributed by atoms with Gasteiger partial charge in [-0.25, -0.2) is 0 Å². The van der Waals surface area contributed by atoms with Crippen LogP contribution in [-0.4, -0.2) is 34.9 Å². The van der Waals surface area contributed by atoms with E-state index in [0.29, 0.717) is 6.42 Å². The van der Waals surface area contributed by atoms with Crippen LogP contribution in [0.15, 0.2) is 12.2 Å². The van der Waals surface area contributed by atoms with E-state index in [2.05, 4.69) is 19.2 Å². The molecule has 0 saturated heterocycles. The maximum atomic E-state index is 12.1. The van der Waals surface area contributed by atoms with Crippen LogP contribution in [0.3, 0.4) is 0 Å². The molecule has 0 heterocycles. The smallest absolute Gasteiger partial charge is 0.220 e. The molecule has 0 aromatic rings. The first-order valence-corrected chi connectivity index (χ1v) is 14.4. The fraction of sp³-hybridized carbons (Fsp3) is 0.897. The van der Waals surface area contributed by atoms with Crippen molar-refractivity contribution >= 4 is 5.91 Å². The predicted octanol–water partition coefficient (Wildman–Crippen LogP) is 7.61. The van der Waals surface area contributed by atoms with Gasteiger partial charge in [0.25, 0.3) is 0 Å². The first-order valence-electron chi connectivity index (χ1n) is 14.4. The highest BCUT2D eigenvalue weighted by Gasteiger charge is 2.17. The Morgan fingerprint density at radius 2 is 1.12 bits per heavy atom. The molecule has 0 aromatic carbocycles. The highest BCUT2D eigenvalue weighted by atomic mass is 16.3. The second-order valence-electron chi connectivity index (χ2n) is 9.82. The van der Waals surface area contributed by atoms with E-state index < -0.39 is 12.1 Å². The lowest BCUT2D eigenvalue weighted by molar-refractivity contribution is -0.123. The molecule has 4 heteroatoms. The molecule has 0 radical (unpaired) electrons. The summed E-state index contributed by atoms with van der Waals surface area (Å²) >= 11 is 0. The quantitative estimate of drug-likeness (QED) is 0.0955. The Labute approximate surface area is 206 Å². The van der Waals surface area contributed by atoms with Crippen molar-refractivity contribution in [3.63, 3.8) is 0 Å². The first kappa shape index (κ1) is 32.1. The number of allylic oxidation sites excluding steroid dienone is 1. The van der Waals surface area contributed by atoms with Crippen molar-refractivity contribution in [2.24, 2.45) is 0 Å². The summed E-state index contributed by atoms with van der Waals surface area (Å²) in [5.41, 5.74) is 0. The molecule has 1 amide bonds. The number of hydrogen-bond acceptors (Lipinski definition) is 3. The SMILES string of the molecule is CCCCCCCCCCCCCC/C=C/[C@H](O)[C@@H](CO)NC(=O)CCCCCCCCC. The highest BCUT2D eigenvalue weighted by Crippen LogP contribution is 2.13. The number of aliphatic hydroxyl groups is 2. The van der Waals surface area contributed by atoms with Crippen LogP contribution in [0.5, 0.6) is 0 Å². The number of nitrogens with one attached hydrogen (secondary N) is 1. The molecule has 3 N–H and O–H groups in total. The third-order valence-electron chi connectivity index (χ3n) is 6.52. The van der Waals surface area contributed by atoms with E-state index in [1.165, 1.54) is 103 Å². The summed E-state index contributed by atoms with van der Waals surface area (Å²) in [5, 5.41) is 22.6. The summed E-state index contributed by atoms with van der Waals surface area (Å²) in [6.45, 7) is 4.24. The lowest BCUT2D eigenvalue weighted by Gasteiger charge is -2.20. The molecule has 0 saturated carbocycles. The van der Waals surface area contributed by atoms with Gasteiger partial charge in [-0.2, -0.15) is 0 Å². The van der Waals surface area contributed by atoms with Gasteiger partial charge >= 0.3 is 0 Å². The molecule has 0 spiro atoms. The standard InChI is InChI=1S/C29H57NO3/c1-3-5-7-9-11-12-13-14-15-16-17-19-20-22-24-28(32)27(26-31)30-29(33)25-23-21-18-10-8-6-4-2/h22,24,27-28,31-32H,3-21,23,25-26H2,1-2H3,(H,30,33)/b24-22+/t27-,28+/m1/s1. The zero-order chi connectivity index (χ0) is 24.4. The number of rotatable bonds is 25. The number of carbonyl (C=O) groups is 1. The molecular formula is C29H57NO3. The Balaban J connectivity index is 3.67. The number of hydrogen-bond donors (Lipinski definition) is 3. The van der Waals surface area contributed by atoms with Crippen LogP contribution >= 0.6 is 0 Å². The van der Waals surface area contributed by atoms with Gasteiger partial charge in [-0.1, -0.05) is 135 Å². The van der Waals surface area contributed by atoms with Gasteiger partial charge in [0.2, 0.25) is 5.91 Å². The molecule has 0 unspecified atom stereocenters. The summed E-state index contributed by atoms with van der Waals surface area (Å²) in [5.74, 6) is -0.0731. The van der Waals surface area contributed by atoms with Crippen LogP contribution in [0.1, 0.15) is 149 Å². The molecule has 33 heavy (non-hydrogen) atoms. The van der Waals surface area contributed by atoms with E-state index in [0.717, 1.165) is 25.7 Å². The van der Waals surface area contributed by atoms with Gasteiger partial charge in [-0.05, 0) is 19.3 Å². The molecule has 0 rings (SSSR count). The van der Waals surface area contributed by atoms with E-state index in [4.69, 9.17) is 0 Å². The predicted molar refractivity (Wildman–Crippen MR) is 142 cm³/mol. The van der Waals surface area contributed by atoms with Crippen LogP contribution in [0.25, 0.3) is 0 Å². The minimum Gasteiger partial charge on any atom is -0.394 e. The molecule has 4 nitrogen and oxygen atoms in total. The highest BCUT2D eigenvalue weighted by molar-refractivity contribution is 5.76. The van der Waals surface area contributed by atoms with Crippen LogP contribution < -0.4 is 5.32 Å². The van der Waals surface area contributed by atoms with E-state index in [9.17, 15) is 15.0 Å². The number of carbonyl (C=O) groups excluding carboxylic acids is 1. The van der Waals surface area contributed by atoms with Gasteiger partial charge in [0.1, 0.15) is 0 Å². The van der Waals surface area contributed by atoms with E-state index >= 15 is 0 Å². The molecule has 0 bridgehead atoms. The fourth-order valence-corrected chi connectivity index (χ4v) is 4.23. The van der Waals surface area contributed by atoms with Crippen molar-refractivity contribution in [1.82, 2.24) is 5.32 Å². The van der Waals surface area contributed by atoms with Gasteiger partial charge in [0.05, 0.1) is 18.8 Å². The maximum Gasteiger partial charge on any atom is 0.220 e. The van der Waals surface area contributed by atoms with Crippen LogP contribution in [0.4, 0.5) is 0 Å². The molecule has 2 atom stereocenters. The topological polar surface area (TPSA) is 69.6 Å². The molecular weight excluding hydrogens is 410 g/mol. The van der Waals surface area contributed by atoms with Crippen molar-refractivity contribution in [3.8, 4) is 0 Å². The van der Waals surface area contributed by atoms with Crippen molar-refractivity contribution in [3.05, 3.63) is 12.2 Å². The molecule has 0 aliphatic rings. The van der Waals surface area contributed by atoms with Crippen LogP contribution in [0, 0.1) is 0 Å². The van der Waals surface area contributed by atoms with E-state index in [-0.39, 0.29) is 12.5 Å². The first-order chi connectivity index (χ1) is 16.2. The average Bonchev–Trinajstić information content (AvgIpc) is 2.82. The second-order valence-corrected chi connectivity index (χ2v) is 9.82. The Hall–Kier alpha value is -0.870. The Kier molecular flexibility index (Phi) is 25.1. The van der Waals surface area contributed by atoms with Crippen molar-refractivity contribution < 1.29 is 15.0 Å². The van der Waals surface area contributed by atoms with Crippen LogP contribution in [-0.2, 0) is 4.79 Å². The molecule has 0 aliphatic carbocycles. The average molecular weight is 468 g/mol. The number of amides is 1. The van der Waals surface area contributed by atoms with Gasteiger partial charge in [-0.15, -0.1) is 0 Å². The van der Waals surface area contributed by atoms with Crippen molar-refractivity contribution in [2.45, 2.75) is 161 Å². The maximum absolute atomic E-state index is 12.1. The zero-order valence-corrected chi connectivity index (χ0v) is 22.2. The molecule has 0 aromatic heterocycles. The summed E-state index contributed by atoms with van der Waals surface area (Å²) in [6, 6.07) is -0.611. The zero-order valence-electron chi connectivity index (χ0n) is 22.2. The number of aliphatic hydroxyl groups excluding tert-OH is 2. The summed E-state index contributed by atoms with van der Waals surface area (Å²) in [7, 11) is 0. The monoisotopic (exact) mass is 467 g/mol. The minimum absolute atomic E-state index is 0.0731. The Morgan fingerprint density at radius 3 is 1.58 bits per heavy atom. The Bertz CT molecular complexity index is 439. The normalized spacial score (nSPS) is 13.5. The van der Waals surface area contributed by atoms with E-state index in [1.807, 2.05) is 6.08 Å². The lowest BCUT2D eigenvalue weighted by Crippen LogP contribution is -2.45. The van der Waals surface area contributed by atoms with Gasteiger partial charge in [0.15, 0.2) is 0 Å². The van der Waals surface area contributed by atoms with E-state index in [1.54, 1.807) is 6.08 Å². The summed E-state index contributed by atoms with van der Waals surface area (Å²) in [4.78, 5) is 12.1. The van der Waals surface area contributed by atoms with Gasteiger partial charge in [-0.3, -0.25) is 4.79 Å². The van der Waals surface area contributed by atoms with Gasteiger partial charge < -0.3 is 15.5 Å². The second kappa shape index (κ2) is 25.7. The molecule has 0 fully saturated rings.